The third kappa shape index (κ3) is 4.98. The predicted octanol–water partition coefficient (Wildman–Crippen LogP) is 1.71. The molecule has 1 saturated heterocycles. The summed E-state index contributed by atoms with van der Waals surface area (Å²) in [7, 11) is 0. The van der Waals surface area contributed by atoms with Gasteiger partial charge in [0, 0.05) is 11.0 Å². The lowest BCUT2D eigenvalue weighted by Gasteiger charge is -2.29. The summed E-state index contributed by atoms with van der Waals surface area (Å²) >= 11 is 3.40. The van der Waals surface area contributed by atoms with Gasteiger partial charge in [-0.3, -0.25) is 4.79 Å². The summed E-state index contributed by atoms with van der Waals surface area (Å²) in [4.78, 5) is 12.1. The molecule has 2 N–H and O–H groups in total. The van der Waals surface area contributed by atoms with Gasteiger partial charge in [-0.05, 0) is 32.0 Å². The normalized spacial score (nSPS) is 23.4. The van der Waals surface area contributed by atoms with Crippen molar-refractivity contribution in [1.29, 1.82) is 0 Å². The highest BCUT2D eigenvalue weighted by Gasteiger charge is 2.28. The Labute approximate surface area is 133 Å². The molecule has 1 fully saturated rings. The summed E-state index contributed by atoms with van der Waals surface area (Å²) in [6, 6.07) is 7.35. The molecule has 2 rings (SSSR count). The van der Waals surface area contributed by atoms with Gasteiger partial charge >= 0.3 is 0 Å². The number of nitrogens with one attached hydrogen (secondary N) is 2. The lowest BCUT2D eigenvalue weighted by atomic mass is 10.1. The highest BCUT2D eigenvalue weighted by Crippen LogP contribution is 2.18. The van der Waals surface area contributed by atoms with Crippen LogP contribution in [-0.4, -0.2) is 43.9 Å². The van der Waals surface area contributed by atoms with Crippen LogP contribution in [-0.2, 0) is 9.53 Å². The number of hydrogen-bond donors (Lipinski definition) is 2. The van der Waals surface area contributed by atoms with Crippen LogP contribution in [0, 0.1) is 0 Å². The van der Waals surface area contributed by atoms with Crippen LogP contribution in [0.25, 0.3) is 0 Å². The van der Waals surface area contributed by atoms with Crippen molar-refractivity contribution >= 4 is 21.8 Å². The van der Waals surface area contributed by atoms with Crippen molar-refractivity contribution in [2.24, 2.45) is 0 Å². The van der Waals surface area contributed by atoms with E-state index < -0.39 is 0 Å². The van der Waals surface area contributed by atoms with E-state index in [-0.39, 0.29) is 24.2 Å². The smallest absolute Gasteiger partial charge is 0.239 e. The maximum Gasteiger partial charge on any atom is 0.239 e. The molecule has 21 heavy (non-hydrogen) atoms. The van der Waals surface area contributed by atoms with Crippen molar-refractivity contribution < 1.29 is 14.3 Å². The van der Waals surface area contributed by atoms with E-state index in [2.05, 4.69) is 26.6 Å². The zero-order chi connectivity index (χ0) is 15.2. The molecule has 0 radical (unpaired) electrons. The topological polar surface area (TPSA) is 59.6 Å². The summed E-state index contributed by atoms with van der Waals surface area (Å²) in [5.41, 5.74) is 0. The van der Waals surface area contributed by atoms with Gasteiger partial charge < -0.3 is 20.1 Å². The van der Waals surface area contributed by atoms with Crippen molar-refractivity contribution in [3.05, 3.63) is 28.7 Å². The van der Waals surface area contributed by atoms with Crippen molar-refractivity contribution in [2.75, 3.05) is 19.7 Å². The Hall–Kier alpha value is -1.11. The Kier molecular flexibility index (Phi) is 6.02. The highest BCUT2D eigenvalue weighted by atomic mass is 79.9. The van der Waals surface area contributed by atoms with E-state index in [0.29, 0.717) is 19.7 Å². The average molecular weight is 357 g/mol. The highest BCUT2D eigenvalue weighted by molar-refractivity contribution is 9.10. The summed E-state index contributed by atoms with van der Waals surface area (Å²) in [5.74, 6) is 0.727. The first-order valence-electron chi connectivity index (χ1n) is 7.11. The van der Waals surface area contributed by atoms with Gasteiger partial charge in [0.15, 0.2) is 0 Å². The van der Waals surface area contributed by atoms with Crippen molar-refractivity contribution in [3.8, 4) is 5.75 Å². The van der Waals surface area contributed by atoms with Gasteiger partial charge in [0.2, 0.25) is 5.91 Å². The third-order valence-electron chi connectivity index (χ3n) is 3.30. The second kappa shape index (κ2) is 7.77. The molecule has 6 heteroatoms. The minimum absolute atomic E-state index is 0.0492. The Morgan fingerprint density at radius 2 is 2.43 bits per heavy atom. The molecule has 1 aromatic rings. The van der Waals surface area contributed by atoms with E-state index in [1.165, 1.54) is 0 Å². The van der Waals surface area contributed by atoms with Crippen molar-refractivity contribution in [1.82, 2.24) is 10.6 Å². The van der Waals surface area contributed by atoms with Crippen molar-refractivity contribution in [3.63, 3.8) is 0 Å². The maximum absolute atomic E-state index is 12.1. The van der Waals surface area contributed by atoms with E-state index in [9.17, 15) is 4.79 Å². The van der Waals surface area contributed by atoms with Crippen LogP contribution in [0.2, 0.25) is 0 Å². The molecule has 0 saturated carbocycles. The van der Waals surface area contributed by atoms with Gasteiger partial charge in [0.25, 0.3) is 0 Å². The van der Waals surface area contributed by atoms with Gasteiger partial charge in [-0.2, -0.15) is 0 Å². The average Bonchev–Trinajstić information content (AvgIpc) is 2.45. The van der Waals surface area contributed by atoms with E-state index in [1.807, 2.05) is 38.1 Å². The number of halogens is 1. The number of amides is 1. The van der Waals surface area contributed by atoms with E-state index in [1.54, 1.807) is 0 Å². The van der Waals surface area contributed by atoms with Crippen LogP contribution in [0.5, 0.6) is 5.75 Å². The minimum atomic E-state index is -0.295. The van der Waals surface area contributed by atoms with Gasteiger partial charge in [-0.15, -0.1) is 0 Å². The fourth-order valence-corrected chi connectivity index (χ4v) is 2.57. The molecule has 0 spiro atoms. The lowest BCUT2D eigenvalue weighted by molar-refractivity contribution is -0.129. The number of morpholine rings is 1. The van der Waals surface area contributed by atoms with Gasteiger partial charge in [0.1, 0.15) is 17.9 Å². The van der Waals surface area contributed by atoms with Crippen LogP contribution in [0.1, 0.15) is 13.8 Å². The molecule has 5 nitrogen and oxygen atoms in total. The van der Waals surface area contributed by atoms with E-state index in [0.717, 1.165) is 10.2 Å². The maximum atomic E-state index is 12.1. The van der Waals surface area contributed by atoms with Gasteiger partial charge in [-0.25, -0.2) is 0 Å². The van der Waals surface area contributed by atoms with E-state index in [4.69, 9.17) is 9.47 Å². The van der Waals surface area contributed by atoms with Gasteiger partial charge in [-0.1, -0.05) is 22.0 Å². The molecule has 0 aromatic heterocycles. The molecule has 1 heterocycles. The Balaban J connectivity index is 1.78. The molecule has 1 unspecified atom stereocenters. The van der Waals surface area contributed by atoms with Crippen LogP contribution < -0.4 is 15.4 Å². The quantitative estimate of drug-likeness (QED) is 0.843. The number of carbonyl (C=O) groups is 1. The lowest BCUT2D eigenvalue weighted by Crippen LogP contribution is -2.56. The Morgan fingerprint density at radius 1 is 1.62 bits per heavy atom. The number of ether oxygens (including phenoxy) is 2. The molecule has 1 amide bonds. The Morgan fingerprint density at radius 3 is 3.14 bits per heavy atom. The fourth-order valence-electron chi connectivity index (χ4n) is 2.20. The van der Waals surface area contributed by atoms with E-state index >= 15 is 0 Å². The van der Waals surface area contributed by atoms with Crippen LogP contribution >= 0.6 is 15.9 Å². The molecule has 1 aliphatic rings. The SMILES string of the molecule is CC(CNC(=O)[C@H]1NCCO[C@@H]1C)Oc1cccc(Br)c1. The Bertz CT molecular complexity index is 484. The third-order valence-corrected chi connectivity index (χ3v) is 3.79. The molecule has 1 aromatic carbocycles. The molecule has 116 valence electrons. The molecular formula is C15H21BrN2O3. The molecule has 0 bridgehead atoms. The molecular weight excluding hydrogens is 336 g/mol. The van der Waals surface area contributed by atoms with Gasteiger partial charge in [0.05, 0.1) is 19.3 Å². The standard InChI is InChI=1S/C15H21BrN2O3/c1-10(21-13-5-3-4-12(16)8-13)9-18-15(19)14-11(2)20-7-6-17-14/h3-5,8,10-11,14,17H,6-7,9H2,1-2H3,(H,18,19)/t10?,11-,14+/m1/s1. The molecule has 1 aliphatic heterocycles. The first kappa shape index (κ1) is 16.3. The number of rotatable bonds is 5. The fraction of sp³-hybridized carbons (Fsp3) is 0.533. The summed E-state index contributed by atoms with van der Waals surface area (Å²) < 4.78 is 12.2. The zero-order valence-electron chi connectivity index (χ0n) is 12.3. The summed E-state index contributed by atoms with van der Waals surface area (Å²) in [6.07, 6.45) is -0.219. The van der Waals surface area contributed by atoms with Crippen molar-refractivity contribution in [2.45, 2.75) is 32.1 Å². The number of carbonyl (C=O) groups excluding carboxylic acids is 1. The van der Waals surface area contributed by atoms with Crippen LogP contribution in [0.3, 0.4) is 0 Å². The first-order valence-corrected chi connectivity index (χ1v) is 7.90. The summed E-state index contributed by atoms with van der Waals surface area (Å²) in [6.45, 7) is 5.63. The first-order chi connectivity index (χ1) is 10.1. The second-order valence-electron chi connectivity index (χ2n) is 5.14. The monoisotopic (exact) mass is 356 g/mol. The zero-order valence-corrected chi connectivity index (χ0v) is 13.9. The van der Waals surface area contributed by atoms with Crippen LogP contribution in [0.15, 0.2) is 28.7 Å². The minimum Gasteiger partial charge on any atom is -0.489 e. The molecule has 3 atom stereocenters. The largest absolute Gasteiger partial charge is 0.489 e. The number of benzene rings is 1. The predicted molar refractivity (Wildman–Crippen MR) is 84.4 cm³/mol. The number of hydrogen-bond acceptors (Lipinski definition) is 4. The molecule has 0 aliphatic carbocycles. The summed E-state index contributed by atoms with van der Waals surface area (Å²) in [5, 5.41) is 6.06. The van der Waals surface area contributed by atoms with Crippen LogP contribution in [0.4, 0.5) is 0 Å². The second-order valence-corrected chi connectivity index (χ2v) is 6.05.